The third kappa shape index (κ3) is 2.58. The maximum atomic E-state index is 5.73. The van der Waals surface area contributed by atoms with E-state index < -0.39 is 0 Å². The van der Waals surface area contributed by atoms with E-state index in [0.717, 1.165) is 42.2 Å². The normalized spacial score (nSPS) is 20.1. The lowest BCUT2D eigenvalue weighted by Gasteiger charge is -2.24. The number of rotatable bonds is 2. The summed E-state index contributed by atoms with van der Waals surface area (Å²) >= 11 is 1.72. The lowest BCUT2D eigenvalue weighted by atomic mass is 10.3. The second-order valence-corrected chi connectivity index (χ2v) is 6.41. The number of ether oxygens (including phenoxy) is 1. The number of hydrogen-bond acceptors (Lipinski definition) is 6. The fraction of sp³-hybridized carbons (Fsp3) is 0.571. The quantitative estimate of drug-likeness (QED) is 0.922. The van der Waals surface area contributed by atoms with Gasteiger partial charge < -0.3 is 15.0 Å². The molecule has 20 heavy (non-hydrogen) atoms. The fourth-order valence-corrected chi connectivity index (χ4v) is 3.44. The molecule has 0 spiro atoms. The molecule has 6 heteroatoms. The average Bonchev–Trinajstić information content (AvgIpc) is 2.67. The summed E-state index contributed by atoms with van der Waals surface area (Å²) in [6.07, 6.45) is 1.27. The minimum atomic E-state index is 0.236. The van der Waals surface area contributed by atoms with Crippen LogP contribution in [0.15, 0.2) is 6.07 Å². The molecule has 1 N–H and O–H groups in total. The number of thiophene rings is 1. The van der Waals surface area contributed by atoms with Crippen LogP contribution in [0.5, 0.6) is 0 Å². The van der Waals surface area contributed by atoms with Crippen LogP contribution >= 0.6 is 11.3 Å². The molecular formula is C14H20N4OS. The van der Waals surface area contributed by atoms with Crippen LogP contribution in [0.3, 0.4) is 0 Å². The first kappa shape index (κ1) is 13.6. The van der Waals surface area contributed by atoms with E-state index in [4.69, 9.17) is 4.74 Å². The topological polar surface area (TPSA) is 50.3 Å². The molecule has 3 heterocycles. The lowest BCUT2D eigenvalue weighted by molar-refractivity contribution is 0.0820. The van der Waals surface area contributed by atoms with Crippen LogP contribution in [-0.2, 0) is 4.74 Å². The summed E-state index contributed by atoms with van der Waals surface area (Å²) in [4.78, 5) is 13.9. The van der Waals surface area contributed by atoms with Gasteiger partial charge in [-0.2, -0.15) is 4.98 Å². The van der Waals surface area contributed by atoms with Crippen LogP contribution in [-0.4, -0.2) is 42.8 Å². The third-order valence-electron chi connectivity index (χ3n) is 3.47. The van der Waals surface area contributed by atoms with Crippen molar-refractivity contribution in [1.82, 2.24) is 9.97 Å². The Morgan fingerprint density at radius 3 is 3.10 bits per heavy atom. The number of aromatic nitrogens is 2. The molecule has 1 unspecified atom stereocenters. The van der Waals surface area contributed by atoms with Gasteiger partial charge in [-0.1, -0.05) is 0 Å². The molecule has 1 aliphatic heterocycles. The van der Waals surface area contributed by atoms with Gasteiger partial charge in [0.1, 0.15) is 10.6 Å². The molecule has 0 radical (unpaired) electrons. The van der Waals surface area contributed by atoms with Gasteiger partial charge in [0.25, 0.3) is 0 Å². The van der Waals surface area contributed by atoms with Crippen molar-refractivity contribution in [1.29, 1.82) is 0 Å². The van der Waals surface area contributed by atoms with E-state index in [1.54, 1.807) is 11.3 Å². The molecule has 2 aromatic heterocycles. The van der Waals surface area contributed by atoms with Crippen molar-refractivity contribution in [2.24, 2.45) is 0 Å². The molecular weight excluding hydrogens is 272 g/mol. The van der Waals surface area contributed by atoms with Gasteiger partial charge in [-0.3, -0.25) is 0 Å². The van der Waals surface area contributed by atoms with E-state index in [-0.39, 0.29) is 6.10 Å². The predicted octanol–water partition coefficient (Wildman–Crippen LogP) is 2.66. The van der Waals surface area contributed by atoms with Crippen molar-refractivity contribution in [3.05, 3.63) is 10.9 Å². The van der Waals surface area contributed by atoms with Crippen molar-refractivity contribution in [3.63, 3.8) is 0 Å². The van der Waals surface area contributed by atoms with Crippen molar-refractivity contribution >= 4 is 33.3 Å². The van der Waals surface area contributed by atoms with Crippen LogP contribution < -0.4 is 10.2 Å². The molecule has 3 rings (SSSR count). The van der Waals surface area contributed by atoms with E-state index in [2.05, 4.69) is 40.1 Å². The Labute approximate surface area is 123 Å². The predicted molar refractivity (Wildman–Crippen MR) is 83.9 cm³/mol. The highest BCUT2D eigenvalue weighted by molar-refractivity contribution is 7.18. The summed E-state index contributed by atoms with van der Waals surface area (Å²) in [5.41, 5.74) is 0. The largest absolute Gasteiger partial charge is 0.377 e. The number of anilines is 2. The first-order valence-corrected chi connectivity index (χ1v) is 7.81. The summed E-state index contributed by atoms with van der Waals surface area (Å²) in [6, 6.07) is 2.19. The molecule has 0 aliphatic carbocycles. The van der Waals surface area contributed by atoms with Gasteiger partial charge in [-0.05, 0) is 26.3 Å². The van der Waals surface area contributed by atoms with E-state index in [1.165, 1.54) is 4.88 Å². The van der Waals surface area contributed by atoms with Crippen LogP contribution in [0.4, 0.5) is 11.8 Å². The molecule has 1 aliphatic rings. The first-order chi connectivity index (χ1) is 9.67. The molecule has 0 saturated carbocycles. The first-order valence-electron chi connectivity index (χ1n) is 7.00. The number of nitrogens with one attached hydrogen (secondary N) is 1. The van der Waals surface area contributed by atoms with Crippen LogP contribution in [0.25, 0.3) is 10.2 Å². The summed E-state index contributed by atoms with van der Waals surface area (Å²) < 4.78 is 5.73. The van der Waals surface area contributed by atoms with E-state index in [9.17, 15) is 0 Å². The Morgan fingerprint density at radius 2 is 2.30 bits per heavy atom. The molecule has 1 atom stereocenters. The maximum Gasteiger partial charge on any atom is 0.225 e. The van der Waals surface area contributed by atoms with Crippen molar-refractivity contribution in [2.75, 3.05) is 37.0 Å². The monoisotopic (exact) mass is 292 g/mol. The Bertz CT molecular complexity index is 612. The highest BCUT2D eigenvalue weighted by Crippen LogP contribution is 2.32. The smallest absolute Gasteiger partial charge is 0.225 e. The van der Waals surface area contributed by atoms with Gasteiger partial charge in [-0.25, -0.2) is 4.98 Å². The van der Waals surface area contributed by atoms with Crippen molar-refractivity contribution in [3.8, 4) is 0 Å². The van der Waals surface area contributed by atoms with Gasteiger partial charge in [0, 0.05) is 31.6 Å². The molecule has 0 aromatic carbocycles. The minimum Gasteiger partial charge on any atom is -0.377 e. The molecule has 0 amide bonds. The van der Waals surface area contributed by atoms with Gasteiger partial charge in [0.05, 0.1) is 11.5 Å². The zero-order valence-electron chi connectivity index (χ0n) is 12.1. The zero-order chi connectivity index (χ0) is 14.1. The maximum absolute atomic E-state index is 5.73. The van der Waals surface area contributed by atoms with E-state index in [1.807, 2.05) is 7.05 Å². The SMILES string of the molecule is CNc1nc(N2CCCOC(C)C2)c2cc(C)sc2n1. The molecule has 1 fully saturated rings. The average molecular weight is 292 g/mol. The molecule has 2 aromatic rings. The van der Waals surface area contributed by atoms with Gasteiger partial charge in [-0.15, -0.1) is 11.3 Å². The number of fused-ring (bicyclic) bond motifs is 1. The van der Waals surface area contributed by atoms with Crippen LogP contribution in [0, 0.1) is 6.92 Å². The summed E-state index contributed by atoms with van der Waals surface area (Å²) in [5.74, 6) is 1.72. The molecule has 5 nitrogen and oxygen atoms in total. The number of hydrogen-bond donors (Lipinski definition) is 1. The Kier molecular flexibility index (Phi) is 3.76. The van der Waals surface area contributed by atoms with Crippen LogP contribution in [0.2, 0.25) is 0 Å². The summed E-state index contributed by atoms with van der Waals surface area (Å²) in [6.45, 7) is 6.92. The van der Waals surface area contributed by atoms with Gasteiger partial charge >= 0.3 is 0 Å². The van der Waals surface area contributed by atoms with Gasteiger partial charge in [0.2, 0.25) is 5.95 Å². The van der Waals surface area contributed by atoms with Crippen LogP contribution in [0.1, 0.15) is 18.2 Å². The Balaban J connectivity index is 2.07. The molecule has 108 valence electrons. The third-order valence-corrected chi connectivity index (χ3v) is 4.42. The minimum absolute atomic E-state index is 0.236. The zero-order valence-corrected chi connectivity index (χ0v) is 13.0. The molecule has 1 saturated heterocycles. The highest BCUT2D eigenvalue weighted by Gasteiger charge is 2.20. The Hall–Kier alpha value is -1.40. The second kappa shape index (κ2) is 5.54. The standard InChI is InChI=1S/C14H20N4OS/c1-9-8-18(5-4-6-19-9)12-11-7-10(2)20-13(11)17-14(15-3)16-12/h7,9H,4-6,8H2,1-3H3,(H,15,16,17). The van der Waals surface area contributed by atoms with E-state index >= 15 is 0 Å². The molecule has 0 bridgehead atoms. The lowest BCUT2D eigenvalue weighted by Crippen LogP contribution is -2.31. The fourth-order valence-electron chi connectivity index (χ4n) is 2.57. The summed E-state index contributed by atoms with van der Waals surface area (Å²) in [7, 11) is 1.86. The van der Waals surface area contributed by atoms with Crippen molar-refractivity contribution in [2.45, 2.75) is 26.4 Å². The number of nitrogens with zero attached hydrogens (tertiary/aromatic N) is 3. The van der Waals surface area contributed by atoms with Gasteiger partial charge in [0.15, 0.2) is 0 Å². The number of aryl methyl sites for hydroxylation is 1. The summed E-state index contributed by atoms with van der Waals surface area (Å²) in [5, 5.41) is 4.21. The Morgan fingerprint density at radius 1 is 1.45 bits per heavy atom. The van der Waals surface area contributed by atoms with E-state index in [0.29, 0.717) is 5.95 Å². The van der Waals surface area contributed by atoms with Crippen molar-refractivity contribution < 1.29 is 4.74 Å². The second-order valence-electron chi connectivity index (χ2n) is 5.18. The highest BCUT2D eigenvalue weighted by atomic mass is 32.1.